The topological polar surface area (TPSA) is 77.5 Å². The molecule has 1 N–H and O–H groups in total. The molecule has 0 aliphatic heterocycles. The van der Waals surface area contributed by atoms with Gasteiger partial charge < -0.3 is 9.47 Å². The van der Waals surface area contributed by atoms with Crippen molar-refractivity contribution in [2.75, 3.05) is 18.9 Å². The van der Waals surface area contributed by atoms with Gasteiger partial charge in [-0.3, -0.25) is 9.71 Å². The van der Waals surface area contributed by atoms with Crippen molar-refractivity contribution in [3.63, 3.8) is 0 Å². The van der Waals surface area contributed by atoms with E-state index in [2.05, 4.69) is 9.71 Å². The maximum atomic E-state index is 14.3. The molecule has 0 saturated carbocycles. The molecule has 0 fully saturated rings. The average molecular weight is 362 g/mol. The number of anilines is 1. The average Bonchev–Trinajstić information content (AvgIpc) is 2.61. The number of pyridine rings is 1. The summed E-state index contributed by atoms with van der Waals surface area (Å²) in [5, 5.41) is 0.760. The van der Waals surface area contributed by atoms with Crippen molar-refractivity contribution < 1.29 is 22.3 Å². The number of fused-ring (bicyclic) bond motifs is 1. The van der Waals surface area contributed by atoms with E-state index in [1.807, 2.05) is 0 Å². The third kappa shape index (κ3) is 3.20. The van der Waals surface area contributed by atoms with E-state index >= 15 is 0 Å². The molecule has 0 radical (unpaired) electrons. The highest BCUT2D eigenvalue weighted by Crippen LogP contribution is 2.33. The molecule has 0 amide bonds. The first-order valence-electron chi connectivity index (χ1n) is 7.24. The van der Waals surface area contributed by atoms with Crippen LogP contribution in [0.25, 0.3) is 10.9 Å². The van der Waals surface area contributed by atoms with Gasteiger partial charge in [0, 0.05) is 23.7 Å². The monoisotopic (exact) mass is 362 g/mol. The molecule has 0 aliphatic rings. The van der Waals surface area contributed by atoms with Gasteiger partial charge in [-0.15, -0.1) is 0 Å². The van der Waals surface area contributed by atoms with Crippen LogP contribution in [-0.4, -0.2) is 27.6 Å². The second kappa shape index (κ2) is 6.56. The Morgan fingerprint density at radius 3 is 2.44 bits per heavy atom. The second-order valence-electron chi connectivity index (χ2n) is 5.12. The fraction of sp³-hybridized carbons (Fsp3) is 0.118. The molecule has 3 rings (SSSR count). The molecule has 25 heavy (non-hydrogen) atoms. The lowest BCUT2D eigenvalue weighted by molar-refractivity contribution is 0.350. The maximum Gasteiger partial charge on any atom is 0.265 e. The maximum absolute atomic E-state index is 14.3. The van der Waals surface area contributed by atoms with Gasteiger partial charge in [0.15, 0.2) is 11.5 Å². The highest BCUT2D eigenvalue weighted by molar-refractivity contribution is 7.92. The van der Waals surface area contributed by atoms with Gasteiger partial charge in [0.2, 0.25) is 0 Å². The summed E-state index contributed by atoms with van der Waals surface area (Å²) in [6.45, 7) is 0. The summed E-state index contributed by atoms with van der Waals surface area (Å²) in [6.07, 6.45) is 1.55. The van der Waals surface area contributed by atoms with Crippen LogP contribution < -0.4 is 14.2 Å². The zero-order chi connectivity index (χ0) is 18.0. The summed E-state index contributed by atoms with van der Waals surface area (Å²) in [5.74, 6) is -0.732. The number of methoxy groups -OCH3 is 2. The van der Waals surface area contributed by atoms with Crippen LogP contribution in [0.15, 0.2) is 53.6 Å². The van der Waals surface area contributed by atoms with Crippen molar-refractivity contribution in [3.8, 4) is 11.5 Å². The fourth-order valence-electron chi connectivity index (χ4n) is 2.43. The zero-order valence-electron chi connectivity index (χ0n) is 13.5. The highest BCUT2D eigenvalue weighted by atomic mass is 32.2. The first-order valence-corrected chi connectivity index (χ1v) is 8.72. The molecule has 0 bridgehead atoms. The van der Waals surface area contributed by atoms with Crippen molar-refractivity contribution in [3.05, 3.63) is 54.5 Å². The fourth-order valence-corrected chi connectivity index (χ4v) is 3.57. The number of benzene rings is 2. The predicted molar refractivity (Wildman–Crippen MR) is 92.1 cm³/mol. The molecule has 3 aromatic rings. The number of rotatable bonds is 5. The molecule has 130 valence electrons. The van der Waals surface area contributed by atoms with E-state index in [4.69, 9.17) is 9.47 Å². The predicted octanol–water partition coefficient (Wildman–Crippen LogP) is 3.19. The number of nitrogens with zero attached hydrogens (tertiary/aromatic N) is 1. The molecule has 1 heterocycles. The molecule has 8 heteroatoms. The Morgan fingerprint density at radius 1 is 1.04 bits per heavy atom. The third-order valence-corrected chi connectivity index (χ3v) is 4.99. The standard InChI is InChI=1S/C17H15FN2O4S/c1-23-14-9-12(18)16(10-15(14)24-2)25(21,22)20-13-7-3-5-11-6-4-8-19-17(11)13/h3-10,20H,1-2H3. The van der Waals surface area contributed by atoms with Crippen LogP contribution in [0.4, 0.5) is 10.1 Å². The number of nitrogens with one attached hydrogen (secondary N) is 1. The van der Waals surface area contributed by atoms with Crippen molar-refractivity contribution in [2.45, 2.75) is 4.90 Å². The minimum absolute atomic E-state index is 0.103. The van der Waals surface area contributed by atoms with Crippen LogP contribution in [0.2, 0.25) is 0 Å². The lowest BCUT2D eigenvalue weighted by Gasteiger charge is -2.13. The van der Waals surface area contributed by atoms with E-state index in [0.717, 1.165) is 17.5 Å². The number of para-hydroxylation sites is 1. The summed E-state index contributed by atoms with van der Waals surface area (Å²) in [5.41, 5.74) is 0.724. The van der Waals surface area contributed by atoms with Gasteiger partial charge in [0.05, 0.1) is 25.4 Å². The highest BCUT2D eigenvalue weighted by Gasteiger charge is 2.23. The molecule has 1 aromatic heterocycles. The van der Waals surface area contributed by atoms with Gasteiger partial charge in [-0.25, -0.2) is 12.8 Å². The summed E-state index contributed by atoms with van der Waals surface area (Å²) in [7, 11) is -1.51. The van der Waals surface area contributed by atoms with E-state index in [0.29, 0.717) is 5.52 Å². The number of hydrogen-bond acceptors (Lipinski definition) is 5. The Hall–Kier alpha value is -2.87. The quantitative estimate of drug-likeness (QED) is 0.754. The van der Waals surface area contributed by atoms with Gasteiger partial charge in [0.25, 0.3) is 10.0 Å². The SMILES string of the molecule is COc1cc(F)c(S(=O)(=O)Nc2cccc3cccnc23)cc1OC. The molecule has 6 nitrogen and oxygen atoms in total. The Morgan fingerprint density at radius 2 is 1.72 bits per heavy atom. The minimum atomic E-state index is -4.19. The van der Waals surface area contributed by atoms with Crippen LogP contribution in [-0.2, 0) is 10.0 Å². The van der Waals surface area contributed by atoms with Crippen LogP contribution in [0, 0.1) is 5.82 Å². The number of halogens is 1. The normalized spacial score (nSPS) is 11.3. The van der Waals surface area contributed by atoms with E-state index in [1.54, 1.807) is 36.5 Å². The van der Waals surface area contributed by atoms with Gasteiger partial charge >= 0.3 is 0 Å². The van der Waals surface area contributed by atoms with Gasteiger partial charge in [-0.2, -0.15) is 0 Å². The Bertz CT molecular complexity index is 1030. The molecule has 0 atom stereocenters. The lowest BCUT2D eigenvalue weighted by atomic mass is 10.2. The summed E-state index contributed by atoms with van der Waals surface area (Å²) in [4.78, 5) is 3.63. The first kappa shape index (κ1) is 17.0. The van der Waals surface area contributed by atoms with Crippen LogP contribution in [0.5, 0.6) is 11.5 Å². The summed E-state index contributed by atoms with van der Waals surface area (Å²) in [6, 6.07) is 10.6. The van der Waals surface area contributed by atoms with Crippen LogP contribution in [0.3, 0.4) is 0 Å². The number of aromatic nitrogens is 1. The van der Waals surface area contributed by atoms with E-state index in [-0.39, 0.29) is 17.2 Å². The Balaban J connectivity index is 2.08. The smallest absolute Gasteiger partial charge is 0.265 e. The van der Waals surface area contributed by atoms with E-state index in [9.17, 15) is 12.8 Å². The number of ether oxygens (including phenoxy) is 2. The Labute approximate surface area is 144 Å². The largest absolute Gasteiger partial charge is 0.493 e. The Kier molecular flexibility index (Phi) is 4.45. The van der Waals surface area contributed by atoms with Gasteiger partial charge in [0.1, 0.15) is 10.7 Å². The third-order valence-electron chi connectivity index (χ3n) is 3.60. The second-order valence-corrected chi connectivity index (χ2v) is 6.77. The first-order chi connectivity index (χ1) is 12.0. The van der Waals surface area contributed by atoms with Crippen molar-refractivity contribution in [2.24, 2.45) is 0 Å². The van der Waals surface area contributed by atoms with Crippen molar-refractivity contribution >= 4 is 26.6 Å². The van der Waals surface area contributed by atoms with Gasteiger partial charge in [-0.1, -0.05) is 18.2 Å². The molecule has 0 aliphatic carbocycles. The zero-order valence-corrected chi connectivity index (χ0v) is 14.3. The molecular weight excluding hydrogens is 347 g/mol. The minimum Gasteiger partial charge on any atom is -0.493 e. The molecule has 2 aromatic carbocycles. The molecule has 0 unspecified atom stereocenters. The van der Waals surface area contributed by atoms with Crippen molar-refractivity contribution in [1.82, 2.24) is 4.98 Å². The van der Waals surface area contributed by atoms with Crippen LogP contribution in [0.1, 0.15) is 0 Å². The number of sulfonamides is 1. The summed E-state index contributed by atoms with van der Waals surface area (Å²) >= 11 is 0. The lowest BCUT2D eigenvalue weighted by Crippen LogP contribution is -2.15. The molecule has 0 spiro atoms. The molecule has 0 saturated heterocycles. The molecular formula is C17H15FN2O4S. The van der Waals surface area contributed by atoms with E-state index < -0.39 is 20.7 Å². The van der Waals surface area contributed by atoms with Gasteiger partial charge in [-0.05, 0) is 12.1 Å². The van der Waals surface area contributed by atoms with Crippen molar-refractivity contribution in [1.29, 1.82) is 0 Å². The summed E-state index contributed by atoms with van der Waals surface area (Å²) < 4.78 is 52.0. The number of hydrogen-bond donors (Lipinski definition) is 1. The van der Waals surface area contributed by atoms with E-state index in [1.165, 1.54) is 14.2 Å². The van der Waals surface area contributed by atoms with Crippen LogP contribution >= 0.6 is 0 Å².